The second-order valence-electron chi connectivity index (χ2n) is 6.63. The molecule has 0 unspecified atom stereocenters. The fraction of sp³-hybridized carbons (Fsp3) is 0.368. The Bertz CT molecular complexity index is 969. The molecule has 3 heterocycles. The number of carboxylic acids is 2. The van der Waals surface area contributed by atoms with E-state index in [9.17, 15) is 27.9 Å². The molecule has 0 aromatic carbocycles. The van der Waals surface area contributed by atoms with E-state index in [4.69, 9.17) is 9.90 Å². The van der Waals surface area contributed by atoms with Crippen molar-refractivity contribution in [2.24, 2.45) is 7.05 Å². The van der Waals surface area contributed by atoms with E-state index < -0.39 is 18.1 Å². The molecule has 162 valence electrons. The highest BCUT2D eigenvalue weighted by molar-refractivity contribution is 5.93. The summed E-state index contributed by atoms with van der Waals surface area (Å²) in [4.78, 5) is 39.0. The van der Waals surface area contributed by atoms with E-state index in [-0.39, 0.29) is 11.5 Å². The van der Waals surface area contributed by atoms with Crippen LogP contribution in [-0.4, -0.2) is 61.8 Å². The van der Waals surface area contributed by atoms with Gasteiger partial charge in [0, 0.05) is 38.4 Å². The van der Waals surface area contributed by atoms with Crippen molar-refractivity contribution in [3.63, 3.8) is 0 Å². The van der Waals surface area contributed by atoms with Gasteiger partial charge in [0.1, 0.15) is 5.69 Å². The molecule has 1 aliphatic rings. The molecule has 0 saturated carbocycles. The maximum Gasteiger partial charge on any atom is 0.490 e. The van der Waals surface area contributed by atoms with Gasteiger partial charge in [-0.2, -0.15) is 13.2 Å². The summed E-state index contributed by atoms with van der Waals surface area (Å²) >= 11 is 0. The largest absolute Gasteiger partial charge is 0.490 e. The lowest BCUT2D eigenvalue weighted by atomic mass is 10.0. The maximum absolute atomic E-state index is 12.6. The molecule has 0 bridgehead atoms. The molecular weight excluding hydrogens is 407 g/mol. The molecule has 1 aliphatic heterocycles. The first-order valence-electron chi connectivity index (χ1n) is 8.85. The lowest BCUT2D eigenvalue weighted by Crippen LogP contribution is -2.34. The number of amides is 1. The number of pyridine rings is 1. The Morgan fingerprint density at radius 2 is 1.73 bits per heavy atom. The number of carbonyl (C=O) groups is 3. The average molecular weight is 427 g/mol. The zero-order valence-electron chi connectivity index (χ0n) is 16.2. The van der Waals surface area contributed by atoms with E-state index in [0.717, 1.165) is 11.3 Å². The summed E-state index contributed by atoms with van der Waals surface area (Å²) in [6.07, 6.45) is -1.96. The van der Waals surface area contributed by atoms with Crippen molar-refractivity contribution in [1.29, 1.82) is 0 Å². The van der Waals surface area contributed by atoms with Gasteiger partial charge < -0.3 is 19.7 Å². The molecule has 0 radical (unpaired) electrons. The van der Waals surface area contributed by atoms with E-state index in [1.54, 1.807) is 13.0 Å². The molecule has 2 N–H and O–H groups in total. The minimum Gasteiger partial charge on any atom is -0.478 e. The first kappa shape index (κ1) is 22.9. The van der Waals surface area contributed by atoms with Crippen molar-refractivity contribution in [3.8, 4) is 0 Å². The van der Waals surface area contributed by atoms with Crippen molar-refractivity contribution in [1.82, 2.24) is 14.5 Å². The number of aryl methyl sites for hydroxylation is 2. The highest BCUT2D eigenvalue weighted by atomic mass is 19.4. The van der Waals surface area contributed by atoms with Crippen LogP contribution in [0.15, 0.2) is 24.4 Å². The van der Waals surface area contributed by atoms with Gasteiger partial charge in [0.2, 0.25) is 0 Å². The van der Waals surface area contributed by atoms with Gasteiger partial charge in [0.05, 0.1) is 11.3 Å². The van der Waals surface area contributed by atoms with Crippen molar-refractivity contribution in [2.45, 2.75) is 25.9 Å². The molecule has 2 aromatic rings. The molecule has 3 rings (SSSR count). The van der Waals surface area contributed by atoms with E-state index >= 15 is 0 Å². The van der Waals surface area contributed by atoms with Crippen LogP contribution in [0.1, 0.15) is 37.8 Å². The van der Waals surface area contributed by atoms with Gasteiger partial charge in [-0.25, -0.2) is 9.59 Å². The predicted octanol–water partition coefficient (Wildman–Crippen LogP) is 2.30. The van der Waals surface area contributed by atoms with Crippen LogP contribution in [0.3, 0.4) is 0 Å². The summed E-state index contributed by atoms with van der Waals surface area (Å²) in [5, 5.41) is 16.4. The third-order valence-electron chi connectivity index (χ3n) is 4.57. The normalized spacial score (nSPS) is 13.6. The van der Waals surface area contributed by atoms with Crippen molar-refractivity contribution in [3.05, 3.63) is 52.6 Å². The van der Waals surface area contributed by atoms with Crippen LogP contribution in [0.2, 0.25) is 0 Å². The molecule has 0 fully saturated rings. The van der Waals surface area contributed by atoms with Crippen LogP contribution in [-0.2, 0) is 24.7 Å². The SMILES string of the molecule is Cc1nc2c(cc1C(=O)O)CCN(C(=O)c1cccn1C)CC2.O=C(O)C(F)(F)F. The van der Waals surface area contributed by atoms with Crippen LogP contribution >= 0.6 is 0 Å². The number of rotatable bonds is 2. The van der Waals surface area contributed by atoms with Crippen LogP contribution in [0.4, 0.5) is 13.2 Å². The number of carboxylic acid groups (broad SMARTS) is 2. The number of carbonyl (C=O) groups excluding carboxylic acids is 1. The van der Waals surface area contributed by atoms with Crippen LogP contribution in [0.25, 0.3) is 0 Å². The fourth-order valence-electron chi connectivity index (χ4n) is 3.00. The van der Waals surface area contributed by atoms with Gasteiger partial charge in [-0.15, -0.1) is 0 Å². The van der Waals surface area contributed by atoms with E-state index in [1.165, 1.54) is 0 Å². The predicted molar refractivity (Wildman–Crippen MR) is 98.3 cm³/mol. The third-order valence-corrected chi connectivity index (χ3v) is 4.57. The average Bonchev–Trinajstić information content (AvgIpc) is 2.96. The Morgan fingerprint density at radius 3 is 2.23 bits per heavy atom. The standard InChI is InChI=1S/C17H19N3O3.C2HF3O2/c1-11-13(17(22)23)10-12-5-8-20(9-6-14(12)18-11)16(21)15-4-3-7-19(15)2;3-2(4,5)1(6)7/h3-4,7,10H,5-6,8-9H2,1-2H3,(H,22,23);(H,6,7). The highest BCUT2D eigenvalue weighted by Gasteiger charge is 2.38. The second kappa shape index (κ2) is 8.97. The molecule has 30 heavy (non-hydrogen) atoms. The monoisotopic (exact) mass is 427 g/mol. The van der Waals surface area contributed by atoms with Crippen molar-refractivity contribution < 1.29 is 37.8 Å². The quantitative estimate of drug-likeness (QED) is 0.761. The lowest BCUT2D eigenvalue weighted by Gasteiger charge is -2.20. The van der Waals surface area contributed by atoms with Crippen molar-refractivity contribution in [2.75, 3.05) is 13.1 Å². The summed E-state index contributed by atoms with van der Waals surface area (Å²) in [5.41, 5.74) is 3.25. The molecule has 1 amide bonds. The third kappa shape index (κ3) is 5.37. The molecule has 8 nitrogen and oxygen atoms in total. The summed E-state index contributed by atoms with van der Waals surface area (Å²) in [7, 11) is 1.85. The van der Waals surface area contributed by atoms with E-state index in [1.807, 2.05) is 34.8 Å². The molecule has 11 heteroatoms. The zero-order chi connectivity index (χ0) is 22.6. The topological polar surface area (TPSA) is 113 Å². The van der Waals surface area contributed by atoms with Gasteiger partial charge in [-0.05, 0) is 37.1 Å². The molecular formula is C19H20F3N3O5. The van der Waals surface area contributed by atoms with Gasteiger partial charge in [-0.3, -0.25) is 9.78 Å². The van der Waals surface area contributed by atoms with Crippen LogP contribution < -0.4 is 0 Å². The zero-order valence-corrected chi connectivity index (χ0v) is 16.2. The molecule has 0 saturated heterocycles. The Kier molecular flexibility index (Phi) is 6.85. The van der Waals surface area contributed by atoms with Crippen LogP contribution in [0.5, 0.6) is 0 Å². The maximum atomic E-state index is 12.6. The Morgan fingerprint density at radius 1 is 1.13 bits per heavy atom. The first-order chi connectivity index (χ1) is 13.9. The molecule has 0 aliphatic carbocycles. The number of nitrogens with zero attached hydrogens (tertiary/aromatic N) is 3. The Balaban J connectivity index is 0.000000396. The van der Waals surface area contributed by atoms with Crippen molar-refractivity contribution >= 4 is 17.8 Å². The van der Waals surface area contributed by atoms with Gasteiger partial charge >= 0.3 is 18.1 Å². The number of aliphatic carboxylic acids is 1. The fourth-order valence-corrected chi connectivity index (χ4v) is 3.00. The van der Waals surface area contributed by atoms with Gasteiger partial charge in [0.25, 0.3) is 5.91 Å². The number of alkyl halides is 3. The Hall–Kier alpha value is -3.37. The summed E-state index contributed by atoms with van der Waals surface area (Å²) in [6.45, 7) is 2.87. The number of fused-ring (bicyclic) bond motifs is 1. The number of aromatic carboxylic acids is 1. The van der Waals surface area contributed by atoms with Gasteiger partial charge in [-0.1, -0.05) is 0 Å². The molecule has 0 spiro atoms. The smallest absolute Gasteiger partial charge is 0.478 e. The molecule has 0 atom stereocenters. The minimum atomic E-state index is -5.08. The Labute approximate surface area is 169 Å². The van der Waals surface area contributed by atoms with Crippen LogP contribution in [0, 0.1) is 6.92 Å². The number of hydrogen-bond donors (Lipinski definition) is 2. The second-order valence-corrected chi connectivity index (χ2v) is 6.63. The lowest BCUT2D eigenvalue weighted by molar-refractivity contribution is -0.192. The summed E-state index contributed by atoms with van der Waals surface area (Å²) < 4.78 is 33.5. The van der Waals surface area contributed by atoms with E-state index in [2.05, 4.69) is 4.98 Å². The number of hydrogen-bond acceptors (Lipinski definition) is 4. The summed E-state index contributed by atoms with van der Waals surface area (Å²) in [5.74, 6) is -3.72. The number of aromatic nitrogens is 2. The van der Waals surface area contributed by atoms with E-state index in [0.29, 0.717) is 37.3 Å². The minimum absolute atomic E-state index is 0.000450. The first-order valence-corrected chi connectivity index (χ1v) is 8.85. The molecule has 2 aromatic heterocycles. The number of halogens is 3. The highest BCUT2D eigenvalue weighted by Crippen LogP contribution is 2.19. The van der Waals surface area contributed by atoms with Gasteiger partial charge in [0.15, 0.2) is 0 Å². The summed E-state index contributed by atoms with van der Waals surface area (Å²) in [6, 6.07) is 5.37.